The predicted octanol–water partition coefficient (Wildman–Crippen LogP) is 4.37. The fourth-order valence-electron chi connectivity index (χ4n) is 4.81. The summed E-state index contributed by atoms with van der Waals surface area (Å²) in [5, 5.41) is 3.17. The highest BCUT2D eigenvalue weighted by atomic mass is 32.2. The normalized spacial score (nSPS) is 20.4. The Morgan fingerprint density at radius 3 is 2.53 bits per heavy atom. The van der Waals surface area contributed by atoms with Crippen molar-refractivity contribution in [2.45, 2.75) is 62.8 Å². The van der Waals surface area contributed by atoms with Gasteiger partial charge in [-0.2, -0.15) is 4.31 Å². The maximum atomic E-state index is 13.2. The van der Waals surface area contributed by atoms with Gasteiger partial charge in [-0.3, -0.25) is 4.79 Å². The van der Waals surface area contributed by atoms with Crippen molar-refractivity contribution < 1.29 is 17.6 Å². The number of carbonyl (C=O) groups is 1. The van der Waals surface area contributed by atoms with Crippen LogP contribution < -0.4 is 5.32 Å². The molecule has 0 bridgehead atoms. The quantitative estimate of drug-likeness (QED) is 0.699. The number of nitrogens with zero attached hydrogens (tertiary/aromatic N) is 1. The molecule has 5 nitrogen and oxygen atoms in total. The van der Waals surface area contributed by atoms with E-state index in [1.165, 1.54) is 40.4 Å². The third kappa shape index (κ3) is 4.89. The molecule has 1 amide bonds. The van der Waals surface area contributed by atoms with E-state index in [2.05, 4.69) is 30.4 Å². The maximum Gasteiger partial charge on any atom is 0.243 e. The lowest BCUT2D eigenvalue weighted by Gasteiger charge is -2.32. The smallest absolute Gasteiger partial charge is 0.243 e. The number of piperidine rings is 1. The molecule has 32 heavy (non-hydrogen) atoms. The van der Waals surface area contributed by atoms with Crippen molar-refractivity contribution in [1.82, 2.24) is 9.62 Å². The first kappa shape index (κ1) is 22.9. The number of sulfonamides is 1. The largest absolute Gasteiger partial charge is 0.349 e. The summed E-state index contributed by atoms with van der Waals surface area (Å²) in [6.07, 6.45) is 6.70. The van der Waals surface area contributed by atoms with Gasteiger partial charge in [0.05, 0.1) is 16.9 Å². The van der Waals surface area contributed by atoms with Crippen LogP contribution in [0.5, 0.6) is 0 Å². The van der Waals surface area contributed by atoms with Crippen molar-refractivity contribution in [2.75, 3.05) is 13.1 Å². The second-order valence-corrected chi connectivity index (χ2v) is 10.8. The van der Waals surface area contributed by atoms with Crippen LogP contribution in [0.15, 0.2) is 47.4 Å². The molecule has 1 fully saturated rings. The first-order valence-electron chi connectivity index (χ1n) is 11.6. The van der Waals surface area contributed by atoms with Gasteiger partial charge in [-0.05, 0) is 85.9 Å². The third-order valence-electron chi connectivity index (χ3n) is 6.71. The Labute approximate surface area is 190 Å². The van der Waals surface area contributed by atoms with Gasteiger partial charge in [0, 0.05) is 13.1 Å². The molecule has 2 aliphatic rings. The van der Waals surface area contributed by atoms with Crippen molar-refractivity contribution in [3.05, 3.63) is 65.0 Å². The van der Waals surface area contributed by atoms with Crippen LogP contribution in [0.1, 0.15) is 61.8 Å². The number of halogens is 1. The Bertz CT molecular complexity index is 1070. The SMILES string of the molecule is CC[C@@H](NC(=O)[C@H]1CCCN(S(=O)(=O)c2ccc(F)cc2)C1)c1ccc2c(c1)CCCC2. The Hall–Kier alpha value is -2.25. The van der Waals surface area contributed by atoms with E-state index < -0.39 is 21.8 Å². The number of benzene rings is 2. The summed E-state index contributed by atoms with van der Waals surface area (Å²) in [7, 11) is -3.76. The number of hydrogen-bond donors (Lipinski definition) is 1. The van der Waals surface area contributed by atoms with Crippen molar-refractivity contribution in [2.24, 2.45) is 5.92 Å². The molecule has 2 aromatic rings. The van der Waals surface area contributed by atoms with Crippen LogP contribution in [0.2, 0.25) is 0 Å². The molecule has 4 rings (SSSR count). The van der Waals surface area contributed by atoms with Gasteiger partial charge in [0.15, 0.2) is 0 Å². The van der Waals surface area contributed by atoms with E-state index in [1.807, 2.05) is 0 Å². The van der Waals surface area contributed by atoms with Crippen molar-refractivity contribution in [3.8, 4) is 0 Å². The summed E-state index contributed by atoms with van der Waals surface area (Å²) in [6.45, 7) is 2.56. The van der Waals surface area contributed by atoms with Crippen LogP contribution in [0, 0.1) is 11.7 Å². The van der Waals surface area contributed by atoms with Crippen LogP contribution in [0.4, 0.5) is 4.39 Å². The molecule has 0 aromatic heterocycles. The van der Waals surface area contributed by atoms with Crippen molar-refractivity contribution in [3.63, 3.8) is 0 Å². The highest BCUT2D eigenvalue weighted by Gasteiger charge is 2.34. The molecule has 2 atom stereocenters. The van der Waals surface area contributed by atoms with E-state index in [9.17, 15) is 17.6 Å². The number of carbonyl (C=O) groups excluding carboxylic acids is 1. The maximum absolute atomic E-state index is 13.2. The summed E-state index contributed by atoms with van der Waals surface area (Å²) in [5.74, 6) is -0.980. The number of hydrogen-bond acceptors (Lipinski definition) is 3. The third-order valence-corrected chi connectivity index (χ3v) is 8.59. The van der Waals surface area contributed by atoms with Crippen LogP contribution >= 0.6 is 0 Å². The van der Waals surface area contributed by atoms with Crippen molar-refractivity contribution >= 4 is 15.9 Å². The van der Waals surface area contributed by atoms with Gasteiger partial charge in [-0.1, -0.05) is 25.1 Å². The van der Waals surface area contributed by atoms with Crippen LogP contribution in [0.25, 0.3) is 0 Å². The molecular weight excluding hydrogens is 427 g/mol. The lowest BCUT2D eigenvalue weighted by atomic mass is 9.88. The molecule has 1 heterocycles. The van der Waals surface area contributed by atoms with Gasteiger partial charge in [0.2, 0.25) is 15.9 Å². The van der Waals surface area contributed by atoms with Gasteiger partial charge in [0.25, 0.3) is 0 Å². The summed E-state index contributed by atoms with van der Waals surface area (Å²) in [4.78, 5) is 13.2. The molecule has 1 saturated heterocycles. The summed E-state index contributed by atoms with van der Waals surface area (Å²) in [6, 6.07) is 11.3. The number of amides is 1. The Balaban J connectivity index is 1.45. The van der Waals surface area contributed by atoms with Gasteiger partial charge in [0.1, 0.15) is 5.82 Å². The second kappa shape index (κ2) is 9.71. The number of nitrogens with one attached hydrogen (secondary N) is 1. The lowest BCUT2D eigenvalue weighted by Crippen LogP contribution is -2.46. The first-order chi connectivity index (χ1) is 15.4. The highest BCUT2D eigenvalue weighted by molar-refractivity contribution is 7.89. The zero-order chi connectivity index (χ0) is 22.7. The molecule has 172 valence electrons. The second-order valence-electron chi connectivity index (χ2n) is 8.86. The van der Waals surface area contributed by atoms with E-state index in [-0.39, 0.29) is 23.4 Å². The average molecular weight is 459 g/mol. The molecule has 0 saturated carbocycles. The molecule has 0 unspecified atom stereocenters. The van der Waals surface area contributed by atoms with Gasteiger partial charge < -0.3 is 5.32 Å². The average Bonchev–Trinajstić information content (AvgIpc) is 2.82. The van der Waals surface area contributed by atoms with E-state index in [0.29, 0.717) is 19.4 Å². The fourth-order valence-corrected chi connectivity index (χ4v) is 6.33. The van der Waals surface area contributed by atoms with Gasteiger partial charge in [-0.15, -0.1) is 0 Å². The lowest BCUT2D eigenvalue weighted by molar-refractivity contribution is -0.126. The number of aryl methyl sites for hydroxylation is 2. The molecule has 1 aliphatic heterocycles. The molecule has 0 radical (unpaired) electrons. The van der Waals surface area contributed by atoms with E-state index in [1.54, 1.807) is 0 Å². The fraction of sp³-hybridized carbons (Fsp3) is 0.480. The zero-order valence-corrected chi connectivity index (χ0v) is 19.3. The Kier molecular flexibility index (Phi) is 6.96. The molecule has 7 heteroatoms. The van der Waals surface area contributed by atoms with Crippen LogP contribution in [-0.4, -0.2) is 31.7 Å². The van der Waals surface area contributed by atoms with Crippen molar-refractivity contribution in [1.29, 1.82) is 0 Å². The molecule has 1 N–H and O–H groups in total. The summed E-state index contributed by atoms with van der Waals surface area (Å²) >= 11 is 0. The van der Waals surface area contributed by atoms with Gasteiger partial charge >= 0.3 is 0 Å². The van der Waals surface area contributed by atoms with E-state index in [0.717, 1.165) is 37.0 Å². The van der Waals surface area contributed by atoms with Crippen LogP contribution in [0.3, 0.4) is 0 Å². The Morgan fingerprint density at radius 1 is 1.09 bits per heavy atom. The molecule has 0 spiro atoms. The molecule has 2 aromatic carbocycles. The number of rotatable bonds is 6. The van der Waals surface area contributed by atoms with Gasteiger partial charge in [-0.25, -0.2) is 12.8 Å². The standard InChI is InChI=1S/C25H31FN2O3S/c1-2-24(20-10-9-18-6-3-4-7-19(18)16-20)27-25(29)21-8-5-15-28(17-21)32(30,31)23-13-11-22(26)12-14-23/h9-14,16,21,24H,2-8,15,17H2,1H3,(H,27,29)/t21-,24+/m0/s1. The summed E-state index contributed by atoms with van der Waals surface area (Å²) in [5.41, 5.74) is 3.92. The topological polar surface area (TPSA) is 66.5 Å². The van der Waals surface area contributed by atoms with Crippen LogP contribution in [-0.2, 0) is 27.7 Å². The monoisotopic (exact) mass is 458 g/mol. The highest BCUT2D eigenvalue weighted by Crippen LogP contribution is 2.28. The predicted molar refractivity (Wildman–Crippen MR) is 122 cm³/mol. The summed E-state index contributed by atoms with van der Waals surface area (Å²) < 4.78 is 40.5. The van der Waals surface area contributed by atoms with E-state index in [4.69, 9.17) is 0 Å². The van der Waals surface area contributed by atoms with E-state index >= 15 is 0 Å². The first-order valence-corrected chi connectivity index (χ1v) is 13.0. The molecular formula is C25H31FN2O3S. The number of fused-ring (bicyclic) bond motifs is 1. The minimum Gasteiger partial charge on any atom is -0.349 e. The Morgan fingerprint density at radius 2 is 1.81 bits per heavy atom. The zero-order valence-electron chi connectivity index (χ0n) is 18.5. The minimum absolute atomic E-state index is 0.0560. The molecule has 1 aliphatic carbocycles. The minimum atomic E-state index is -3.76.